The van der Waals surface area contributed by atoms with E-state index in [1.807, 2.05) is 0 Å². The van der Waals surface area contributed by atoms with Crippen molar-refractivity contribution < 1.29 is 5.11 Å². The smallest absolute Gasteiger partial charge is 0.0567 e. The van der Waals surface area contributed by atoms with Gasteiger partial charge in [-0.3, -0.25) is 4.90 Å². The fraction of sp³-hybridized carbons (Fsp3) is 1.00. The quantitative estimate of drug-likeness (QED) is 0.710. The van der Waals surface area contributed by atoms with Crippen molar-refractivity contribution >= 4 is 0 Å². The number of aliphatic hydroxyl groups is 1. The third-order valence-corrected chi connectivity index (χ3v) is 3.09. The van der Waals surface area contributed by atoms with Crippen molar-refractivity contribution in [3.05, 3.63) is 0 Å². The highest BCUT2D eigenvalue weighted by atomic mass is 16.3. The average molecular weight is 185 g/mol. The molecule has 1 aliphatic rings. The minimum Gasteiger partial charge on any atom is -0.393 e. The molecule has 1 heterocycles. The summed E-state index contributed by atoms with van der Waals surface area (Å²) in [5.41, 5.74) is 0. The lowest BCUT2D eigenvalue weighted by Gasteiger charge is -2.42. The molecule has 0 bridgehead atoms. The first-order valence-corrected chi connectivity index (χ1v) is 5.46. The van der Waals surface area contributed by atoms with Gasteiger partial charge in [0.1, 0.15) is 0 Å². The molecule has 0 aromatic heterocycles. The van der Waals surface area contributed by atoms with Crippen molar-refractivity contribution in [2.24, 2.45) is 5.92 Å². The van der Waals surface area contributed by atoms with Crippen LogP contribution in [-0.4, -0.2) is 34.7 Å². The molecule has 2 atom stereocenters. The van der Waals surface area contributed by atoms with E-state index in [-0.39, 0.29) is 6.10 Å². The molecule has 0 amide bonds. The van der Waals surface area contributed by atoms with Crippen molar-refractivity contribution in [3.63, 3.8) is 0 Å². The fourth-order valence-corrected chi connectivity index (χ4v) is 2.29. The van der Waals surface area contributed by atoms with Crippen molar-refractivity contribution in [1.29, 1.82) is 0 Å². The minimum absolute atomic E-state index is 0.0672. The molecule has 0 spiro atoms. The molecule has 0 saturated carbocycles. The maximum absolute atomic E-state index is 9.60. The summed E-state index contributed by atoms with van der Waals surface area (Å²) < 4.78 is 0. The molecule has 0 aromatic carbocycles. The molecule has 1 fully saturated rings. The molecule has 2 heteroatoms. The summed E-state index contributed by atoms with van der Waals surface area (Å²) in [6, 6.07) is 1.18. The second-order valence-corrected chi connectivity index (χ2v) is 4.82. The highest BCUT2D eigenvalue weighted by Crippen LogP contribution is 2.25. The lowest BCUT2D eigenvalue weighted by Crippen LogP contribution is -2.50. The van der Waals surface area contributed by atoms with Crippen molar-refractivity contribution in [2.75, 3.05) is 6.54 Å². The zero-order chi connectivity index (χ0) is 10.0. The Hall–Kier alpha value is -0.0800. The number of piperidine rings is 1. The van der Waals surface area contributed by atoms with Crippen LogP contribution in [0.2, 0.25) is 0 Å². The summed E-state index contributed by atoms with van der Waals surface area (Å²) >= 11 is 0. The number of nitrogens with zero attached hydrogens (tertiary/aromatic N) is 1. The maximum atomic E-state index is 9.60. The van der Waals surface area contributed by atoms with Crippen molar-refractivity contribution in [2.45, 2.75) is 58.7 Å². The second-order valence-electron chi connectivity index (χ2n) is 4.82. The summed E-state index contributed by atoms with van der Waals surface area (Å²) in [4.78, 5) is 2.53. The molecule has 0 aromatic rings. The minimum atomic E-state index is -0.0672. The lowest BCUT2D eigenvalue weighted by atomic mass is 9.90. The number of hydrogen-bond acceptors (Lipinski definition) is 2. The molecule has 0 unspecified atom stereocenters. The molecule has 1 saturated heterocycles. The first kappa shape index (κ1) is 11.0. The number of aliphatic hydroxyl groups excluding tert-OH is 1. The summed E-state index contributed by atoms with van der Waals surface area (Å²) in [6.45, 7) is 10.0. The Bertz CT molecular complexity index is 156. The first-order chi connectivity index (χ1) is 6.02. The van der Waals surface area contributed by atoms with E-state index in [1.54, 1.807) is 0 Å². The van der Waals surface area contributed by atoms with E-state index in [9.17, 15) is 5.11 Å². The van der Waals surface area contributed by atoms with Crippen molar-refractivity contribution in [3.8, 4) is 0 Å². The Balaban J connectivity index is 2.60. The fourth-order valence-electron chi connectivity index (χ4n) is 2.29. The van der Waals surface area contributed by atoms with Gasteiger partial charge in [0, 0.05) is 18.6 Å². The zero-order valence-corrected chi connectivity index (χ0v) is 9.33. The third kappa shape index (κ3) is 2.68. The zero-order valence-electron chi connectivity index (χ0n) is 9.33. The summed E-state index contributed by atoms with van der Waals surface area (Å²) in [6.07, 6.45) is 1.83. The topological polar surface area (TPSA) is 23.5 Å². The largest absolute Gasteiger partial charge is 0.393 e. The number of likely N-dealkylation sites (tertiary alicyclic amines) is 1. The van der Waals surface area contributed by atoms with Crippen LogP contribution in [0.25, 0.3) is 0 Å². The Kier molecular flexibility index (Phi) is 3.74. The Morgan fingerprint density at radius 1 is 1.23 bits per heavy atom. The normalized spacial score (nSPS) is 31.6. The molecule has 1 aliphatic heterocycles. The molecule has 0 radical (unpaired) electrons. The summed E-state index contributed by atoms with van der Waals surface area (Å²) in [5.74, 6) is 0.650. The van der Waals surface area contributed by atoms with Gasteiger partial charge < -0.3 is 5.11 Å². The van der Waals surface area contributed by atoms with E-state index in [0.29, 0.717) is 18.0 Å². The predicted octanol–water partition coefficient (Wildman–Crippen LogP) is 1.88. The highest BCUT2D eigenvalue weighted by Gasteiger charge is 2.30. The van der Waals surface area contributed by atoms with E-state index in [0.717, 1.165) is 19.4 Å². The Morgan fingerprint density at radius 2 is 1.85 bits per heavy atom. The Labute approximate surface area is 81.9 Å². The van der Waals surface area contributed by atoms with Crippen LogP contribution in [-0.2, 0) is 0 Å². The van der Waals surface area contributed by atoms with Gasteiger partial charge in [0.05, 0.1) is 6.10 Å². The molecule has 78 valence electrons. The SMILES string of the molecule is CC(C)[C@H]1C[C@@H](O)CCN1C(C)C. The average Bonchev–Trinajstić information content (AvgIpc) is 2.03. The van der Waals surface area contributed by atoms with Gasteiger partial charge in [0.25, 0.3) is 0 Å². The maximum Gasteiger partial charge on any atom is 0.0567 e. The van der Waals surface area contributed by atoms with Crippen LogP contribution in [0, 0.1) is 5.92 Å². The monoisotopic (exact) mass is 185 g/mol. The van der Waals surface area contributed by atoms with Crippen LogP contribution in [0.15, 0.2) is 0 Å². The lowest BCUT2D eigenvalue weighted by molar-refractivity contribution is 0.00689. The van der Waals surface area contributed by atoms with Crippen molar-refractivity contribution in [1.82, 2.24) is 4.90 Å². The molecule has 1 rings (SSSR count). The van der Waals surface area contributed by atoms with Gasteiger partial charge in [-0.1, -0.05) is 13.8 Å². The second kappa shape index (κ2) is 4.43. The van der Waals surface area contributed by atoms with Gasteiger partial charge in [-0.25, -0.2) is 0 Å². The van der Waals surface area contributed by atoms with E-state index in [1.165, 1.54) is 0 Å². The summed E-state index contributed by atoms with van der Waals surface area (Å²) in [7, 11) is 0. The highest BCUT2D eigenvalue weighted by molar-refractivity contribution is 4.85. The standard InChI is InChI=1S/C11H23NO/c1-8(2)11-7-10(13)5-6-12(11)9(3)4/h8-11,13H,5-7H2,1-4H3/t10-,11+/m0/s1. The molecule has 0 aliphatic carbocycles. The van der Waals surface area contributed by atoms with Crippen LogP contribution in [0.4, 0.5) is 0 Å². The van der Waals surface area contributed by atoms with Crippen LogP contribution < -0.4 is 0 Å². The van der Waals surface area contributed by atoms with Gasteiger partial charge in [-0.2, -0.15) is 0 Å². The van der Waals surface area contributed by atoms with Crippen LogP contribution in [0.3, 0.4) is 0 Å². The van der Waals surface area contributed by atoms with Crippen LogP contribution in [0.5, 0.6) is 0 Å². The van der Waals surface area contributed by atoms with E-state index in [2.05, 4.69) is 32.6 Å². The van der Waals surface area contributed by atoms with Crippen LogP contribution in [0.1, 0.15) is 40.5 Å². The number of hydrogen-bond donors (Lipinski definition) is 1. The predicted molar refractivity (Wildman–Crippen MR) is 55.7 cm³/mol. The summed E-state index contributed by atoms with van der Waals surface area (Å²) in [5, 5.41) is 9.60. The van der Waals surface area contributed by atoms with E-state index < -0.39 is 0 Å². The van der Waals surface area contributed by atoms with Crippen LogP contribution >= 0.6 is 0 Å². The molecule has 2 nitrogen and oxygen atoms in total. The molecule has 13 heavy (non-hydrogen) atoms. The number of rotatable bonds is 2. The van der Waals surface area contributed by atoms with Gasteiger partial charge in [-0.15, -0.1) is 0 Å². The van der Waals surface area contributed by atoms with Gasteiger partial charge in [0.2, 0.25) is 0 Å². The third-order valence-electron chi connectivity index (χ3n) is 3.09. The van der Waals surface area contributed by atoms with Gasteiger partial charge in [0.15, 0.2) is 0 Å². The van der Waals surface area contributed by atoms with E-state index in [4.69, 9.17) is 0 Å². The molecule has 1 N–H and O–H groups in total. The molecular formula is C11H23NO. The molecular weight excluding hydrogens is 162 g/mol. The van der Waals surface area contributed by atoms with Gasteiger partial charge >= 0.3 is 0 Å². The van der Waals surface area contributed by atoms with E-state index >= 15 is 0 Å². The Morgan fingerprint density at radius 3 is 2.31 bits per heavy atom. The first-order valence-electron chi connectivity index (χ1n) is 5.46. The van der Waals surface area contributed by atoms with Gasteiger partial charge in [-0.05, 0) is 32.6 Å².